The Hall–Kier alpha value is -7.30. The van der Waals surface area contributed by atoms with E-state index >= 15 is 0 Å². The first-order chi connectivity index (χ1) is 29.6. The van der Waals surface area contributed by atoms with E-state index < -0.39 is 42.4 Å². The molecule has 0 bridgehead atoms. The normalized spacial score (nSPS) is 14.7. The number of sulfonamides is 2. The highest BCUT2D eigenvalue weighted by atomic mass is 32.2. The lowest BCUT2D eigenvalue weighted by Crippen LogP contribution is -2.31. The Morgan fingerprint density at radius 1 is 0.571 bits per heavy atom. The summed E-state index contributed by atoms with van der Waals surface area (Å²) in [5, 5.41) is 15.3. The van der Waals surface area contributed by atoms with Gasteiger partial charge in [-0.05, 0) is 68.5 Å². The first-order valence-electron chi connectivity index (χ1n) is 18.1. The van der Waals surface area contributed by atoms with E-state index in [-0.39, 0.29) is 46.5 Å². The van der Waals surface area contributed by atoms with Crippen molar-refractivity contribution in [3.05, 3.63) is 82.1 Å². The van der Waals surface area contributed by atoms with Crippen LogP contribution in [0.2, 0.25) is 0 Å². The van der Waals surface area contributed by atoms with Gasteiger partial charge in [0.05, 0.1) is 25.5 Å². The maximum absolute atomic E-state index is 13.0. The molecule has 63 heavy (non-hydrogen) atoms. The third kappa shape index (κ3) is 10.6. The number of piperidine rings is 1. The topological polar surface area (TPSA) is 201 Å². The molecule has 0 saturated carbocycles. The van der Waals surface area contributed by atoms with Gasteiger partial charge in [-0.25, -0.2) is 9.13 Å². The summed E-state index contributed by atoms with van der Waals surface area (Å²) < 4.78 is 130. The Morgan fingerprint density at radius 2 is 0.921 bits per heavy atom. The predicted octanol–water partition coefficient (Wildman–Crippen LogP) is 9.99. The summed E-state index contributed by atoms with van der Waals surface area (Å²) in [6.07, 6.45) is 4.70. The van der Waals surface area contributed by atoms with Gasteiger partial charge in [0.15, 0.2) is 0 Å². The Bertz CT molecular complexity index is 2830. The summed E-state index contributed by atoms with van der Waals surface area (Å²) in [5.41, 5.74) is -11.1. The number of aromatic nitrogens is 4. The highest BCUT2D eigenvalue weighted by molar-refractivity contribution is 7.93. The molecule has 2 fully saturated rings. The van der Waals surface area contributed by atoms with Gasteiger partial charge in [0, 0.05) is 37.6 Å². The minimum atomic E-state index is -5.69. The number of anilines is 4. The third-order valence-corrected chi connectivity index (χ3v) is 11.4. The Morgan fingerprint density at radius 3 is 1.22 bits per heavy atom. The van der Waals surface area contributed by atoms with Crippen molar-refractivity contribution in [2.45, 2.75) is 43.1 Å². The third-order valence-electron chi connectivity index (χ3n) is 9.22. The fourth-order valence-corrected chi connectivity index (χ4v) is 7.15. The van der Waals surface area contributed by atoms with Crippen molar-refractivity contribution >= 4 is 89.3 Å². The number of nitrogens with one attached hydrogen (secondary N) is 2. The minimum absolute atomic E-state index is 0.0765. The van der Waals surface area contributed by atoms with E-state index in [4.69, 9.17) is 26.3 Å². The molecule has 2 aliphatic heterocycles. The molecule has 0 spiro atoms. The standard InChI is InChI=1S/C18H17F3N8O2S.C17H15F3N8O2S/c1-22-15-16(23-2)28(3)17(24-15)26-25-13-8-7-12(29-9-5-4-6-10-29)11-14(13)27-32(30,31)18(19,20)21;1-21-14-15(22-2)27(3)16(23-14)25-24-12-7-6-11(28-8-4-5-9-28)10-13(12)26-31(29,30)17(18,19)20/h7-8,11,27H,4-6,9-10H2,3H3;6-7,10,26H,4-5,8-9H2,3H3. The molecule has 0 unspecified atom stereocenters. The fourth-order valence-electron chi connectivity index (χ4n) is 6.02. The van der Waals surface area contributed by atoms with Crippen LogP contribution in [0, 0.1) is 26.3 Å². The molecule has 330 valence electrons. The van der Waals surface area contributed by atoms with Gasteiger partial charge in [-0.1, -0.05) is 46.5 Å². The molecule has 2 aliphatic rings. The van der Waals surface area contributed by atoms with Crippen molar-refractivity contribution in [3.8, 4) is 0 Å². The number of rotatable bonds is 10. The van der Waals surface area contributed by atoms with Crippen LogP contribution in [0.3, 0.4) is 0 Å². The molecule has 28 heteroatoms. The molecule has 6 rings (SSSR count). The number of azo groups is 2. The lowest BCUT2D eigenvalue weighted by molar-refractivity contribution is -0.0435. The van der Waals surface area contributed by atoms with Crippen molar-refractivity contribution < 1.29 is 43.2 Å². The molecule has 0 atom stereocenters. The summed E-state index contributed by atoms with van der Waals surface area (Å²) in [6.45, 7) is 31.1. The molecule has 2 aromatic heterocycles. The summed E-state index contributed by atoms with van der Waals surface area (Å²) in [7, 11) is -8.53. The van der Waals surface area contributed by atoms with Crippen molar-refractivity contribution in [2.24, 2.45) is 34.6 Å². The van der Waals surface area contributed by atoms with Crippen molar-refractivity contribution in [3.63, 3.8) is 0 Å². The highest BCUT2D eigenvalue weighted by Gasteiger charge is 2.47. The van der Waals surface area contributed by atoms with E-state index in [0.717, 1.165) is 32.1 Å². The lowest BCUT2D eigenvalue weighted by Gasteiger charge is -2.29. The van der Waals surface area contributed by atoms with Crippen molar-refractivity contribution in [1.82, 2.24) is 19.1 Å². The molecule has 20 nitrogen and oxygen atoms in total. The highest BCUT2D eigenvalue weighted by Crippen LogP contribution is 2.39. The zero-order valence-corrected chi connectivity index (χ0v) is 34.4. The first-order valence-corrected chi connectivity index (χ1v) is 21.0. The van der Waals surface area contributed by atoms with Crippen LogP contribution < -0.4 is 19.2 Å². The molecule has 0 amide bonds. The van der Waals surface area contributed by atoms with E-state index in [1.54, 1.807) is 12.1 Å². The van der Waals surface area contributed by atoms with E-state index in [0.29, 0.717) is 37.6 Å². The maximum atomic E-state index is 13.0. The average Bonchev–Trinajstić information content (AvgIpc) is 3.96. The SMILES string of the molecule is [C-]#[N+]c1nc(N=Nc2ccc(N3CCCC3)cc2NS(=O)(=O)C(F)(F)F)n(C)c1[N+]#[C-].[C-]#[N+]c1nc(N=Nc2ccc(N3CCCCC3)cc2NS(=O)(=O)C(F)(F)F)n(C)c1[N+]#[C-]. The predicted molar refractivity (Wildman–Crippen MR) is 217 cm³/mol. The molecule has 4 heterocycles. The number of imidazole rings is 2. The van der Waals surface area contributed by atoms with E-state index in [1.165, 1.54) is 56.9 Å². The van der Waals surface area contributed by atoms with Gasteiger partial charge in [-0.3, -0.25) is 9.44 Å². The number of nitrogens with zero attached hydrogens (tertiary/aromatic N) is 14. The Kier molecular flexibility index (Phi) is 13.9. The Balaban J connectivity index is 0.000000238. The number of hydrogen-bond donors (Lipinski definition) is 2. The average molecular weight is 919 g/mol. The van der Waals surface area contributed by atoms with E-state index in [2.05, 4.69) is 49.8 Å². The largest absolute Gasteiger partial charge is 0.516 e. The molecule has 2 N–H and O–H groups in total. The van der Waals surface area contributed by atoms with E-state index in [1.807, 2.05) is 9.80 Å². The van der Waals surface area contributed by atoms with Crippen LogP contribution in [0.5, 0.6) is 0 Å². The number of hydrogen-bond acceptors (Lipinski definition) is 12. The Labute approximate surface area is 356 Å². The monoisotopic (exact) mass is 918 g/mol. The van der Waals surface area contributed by atoms with Gasteiger partial charge >= 0.3 is 43.0 Å². The molecule has 0 aliphatic carbocycles. The van der Waals surface area contributed by atoms with E-state index in [9.17, 15) is 43.2 Å². The quantitative estimate of drug-likeness (QED) is 0.0889. The zero-order chi connectivity index (χ0) is 46.3. The smallest absolute Gasteiger partial charge is 0.373 e. The van der Waals surface area contributed by atoms with Gasteiger partial charge in [0.2, 0.25) is 0 Å². The number of halogens is 6. The molecular formula is C35H32F6N16O4S2. The molecule has 2 saturated heterocycles. The summed E-state index contributed by atoms with van der Waals surface area (Å²) in [5.74, 6) is -0.820. The fraction of sp³-hybridized carbons (Fsp3) is 0.371. The van der Waals surface area contributed by atoms with Gasteiger partial charge < -0.3 is 29.2 Å². The summed E-state index contributed by atoms with van der Waals surface area (Å²) in [6, 6.07) is 8.42. The lowest BCUT2D eigenvalue weighted by atomic mass is 10.1. The zero-order valence-electron chi connectivity index (χ0n) is 32.8. The number of alkyl halides is 6. The molecule has 4 aromatic rings. The second-order valence-electron chi connectivity index (χ2n) is 13.3. The van der Waals surface area contributed by atoms with Crippen LogP contribution >= 0.6 is 0 Å². The van der Waals surface area contributed by atoms with Crippen LogP contribution in [0.15, 0.2) is 56.9 Å². The summed E-state index contributed by atoms with van der Waals surface area (Å²) in [4.78, 5) is 24.1. The van der Waals surface area contributed by atoms with Crippen LogP contribution in [0.25, 0.3) is 19.4 Å². The van der Waals surface area contributed by atoms with Gasteiger partial charge in [0.1, 0.15) is 11.4 Å². The van der Waals surface area contributed by atoms with Crippen LogP contribution in [0.1, 0.15) is 32.1 Å². The number of benzene rings is 2. The summed E-state index contributed by atoms with van der Waals surface area (Å²) >= 11 is 0. The molecule has 0 radical (unpaired) electrons. The van der Waals surface area contributed by atoms with Gasteiger partial charge in [-0.15, -0.1) is 10.2 Å². The van der Waals surface area contributed by atoms with Crippen LogP contribution in [-0.2, 0) is 34.1 Å². The van der Waals surface area contributed by atoms with Gasteiger partial charge in [-0.2, -0.15) is 43.2 Å². The van der Waals surface area contributed by atoms with Crippen molar-refractivity contribution in [2.75, 3.05) is 45.4 Å². The molecular weight excluding hydrogens is 887 g/mol. The van der Waals surface area contributed by atoms with Crippen LogP contribution in [-0.4, -0.2) is 73.1 Å². The van der Waals surface area contributed by atoms with Crippen LogP contribution in [0.4, 0.5) is 95.6 Å². The molecule has 2 aromatic carbocycles. The first kappa shape index (κ1) is 46.8. The maximum Gasteiger partial charge on any atom is 0.516 e. The second kappa shape index (κ2) is 18.8. The minimum Gasteiger partial charge on any atom is -0.373 e. The van der Waals surface area contributed by atoms with Crippen molar-refractivity contribution in [1.29, 1.82) is 0 Å². The van der Waals surface area contributed by atoms with Gasteiger partial charge in [0.25, 0.3) is 23.3 Å². The second-order valence-corrected chi connectivity index (χ2v) is 16.7.